The number of piperazine rings is 1. The monoisotopic (exact) mass is 559 g/mol. The van der Waals surface area contributed by atoms with Gasteiger partial charge in [0.2, 0.25) is 0 Å². The highest BCUT2D eigenvalue weighted by Crippen LogP contribution is 2.31. The van der Waals surface area contributed by atoms with Gasteiger partial charge in [-0.25, -0.2) is 20.8 Å². The maximum absolute atomic E-state index is 14.0. The van der Waals surface area contributed by atoms with Crippen LogP contribution in [0.15, 0.2) is 64.5 Å². The van der Waals surface area contributed by atoms with Crippen molar-refractivity contribution in [3.8, 4) is 11.5 Å². The van der Waals surface area contributed by atoms with Crippen LogP contribution in [-0.4, -0.2) is 72.6 Å². The van der Waals surface area contributed by atoms with Crippen molar-refractivity contribution in [1.29, 1.82) is 0 Å². The van der Waals surface area contributed by atoms with E-state index in [1.165, 1.54) is 22.5 Å². The van der Waals surface area contributed by atoms with Crippen molar-refractivity contribution in [1.82, 2.24) is 13.6 Å². The summed E-state index contributed by atoms with van der Waals surface area (Å²) in [6.45, 7) is 7.85. The third kappa shape index (κ3) is 6.00. The minimum atomic E-state index is -4.20. The number of ether oxygens (including phenoxy) is 1. The predicted octanol–water partition coefficient (Wildman–Crippen LogP) is 3.11. The van der Waals surface area contributed by atoms with Crippen LogP contribution in [0.4, 0.5) is 0 Å². The smallest absolute Gasteiger partial charge is 0.269 e. The highest BCUT2D eigenvalue weighted by atomic mass is 32.2. The molecule has 2 heterocycles. The molecule has 37 heavy (non-hydrogen) atoms. The minimum absolute atomic E-state index is 0.0184. The Morgan fingerprint density at radius 2 is 1.76 bits per heavy atom. The van der Waals surface area contributed by atoms with E-state index in [-0.39, 0.29) is 29.1 Å². The molecule has 11 heteroatoms. The van der Waals surface area contributed by atoms with E-state index in [0.717, 1.165) is 9.54 Å². The molecular weight excluding hydrogens is 527 g/mol. The number of methoxy groups -OCH3 is 1. The van der Waals surface area contributed by atoms with Crippen LogP contribution in [0.5, 0.6) is 0 Å². The van der Waals surface area contributed by atoms with Gasteiger partial charge in [0.15, 0.2) is 5.03 Å². The van der Waals surface area contributed by atoms with Gasteiger partial charge in [0.1, 0.15) is 8.07 Å². The zero-order valence-electron chi connectivity index (χ0n) is 21.6. The number of sulfonamides is 1. The Morgan fingerprint density at radius 3 is 2.43 bits per heavy atom. The summed E-state index contributed by atoms with van der Waals surface area (Å²) in [6, 6.07) is 14.4. The van der Waals surface area contributed by atoms with E-state index in [2.05, 4.69) is 36.4 Å². The van der Waals surface area contributed by atoms with E-state index in [1.54, 1.807) is 43.5 Å². The largest absolute Gasteiger partial charge is 0.385 e. The molecule has 0 bridgehead atoms. The molecule has 0 spiro atoms. The minimum Gasteiger partial charge on any atom is -0.385 e. The van der Waals surface area contributed by atoms with E-state index in [0.29, 0.717) is 30.5 Å². The van der Waals surface area contributed by atoms with Gasteiger partial charge in [-0.15, -0.1) is 5.54 Å². The molecule has 3 aromatic rings. The number of fused-ring (bicyclic) bond motifs is 1. The third-order valence-corrected chi connectivity index (χ3v) is 10.7. The quantitative estimate of drug-likeness (QED) is 0.353. The van der Waals surface area contributed by atoms with Crippen LogP contribution in [0.3, 0.4) is 0 Å². The molecule has 2 aromatic carbocycles. The first-order valence-electron chi connectivity index (χ1n) is 12.2. The lowest BCUT2D eigenvalue weighted by molar-refractivity contribution is 0.170. The fourth-order valence-electron chi connectivity index (χ4n) is 4.23. The van der Waals surface area contributed by atoms with E-state index in [1.807, 2.05) is 0 Å². The second-order valence-corrected chi connectivity index (χ2v) is 18.6. The summed E-state index contributed by atoms with van der Waals surface area (Å²) in [4.78, 5) is 0.0184. The maximum Gasteiger partial charge on any atom is 0.269 e. The second kappa shape index (κ2) is 10.7. The van der Waals surface area contributed by atoms with Crippen molar-refractivity contribution in [3.63, 3.8) is 0 Å². The number of nitrogens with one attached hydrogen (secondary N) is 1. The Bertz CT molecular complexity index is 1550. The summed E-state index contributed by atoms with van der Waals surface area (Å²) in [7, 11) is -8.38. The summed E-state index contributed by atoms with van der Waals surface area (Å²) in [5.41, 5.74) is 4.32. The normalized spacial score (nSPS) is 17.5. The summed E-state index contributed by atoms with van der Waals surface area (Å²) in [5, 5.41) is 3.55. The summed E-state index contributed by atoms with van der Waals surface area (Å²) in [5.74, 6) is 3.18. The van der Waals surface area contributed by atoms with Gasteiger partial charge >= 0.3 is 0 Å². The first-order chi connectivity index (χ1) is 17.4. The lowest BCUT2D eigenvalue weighted by Gasteiger charge is -2.33. The van der Waals surface area contributed by atoms with Gasteiger partial charge in [-0.2, -0.15) is 4.31 Å². The highest BCUT2D eigenvalue weighted by Gasteiger charge is 2.36. The molecule has 1 N–H and O–H groups in total. The summed E-state index contributed by atoms with van der Waals surface area (Å²) < 4.78 is 63.1. The Hall–Kier alpha value is -2.46. The summed E-state index contributed by atoms with van der Waals surface area (Å²) in [6.07, 6.45) is 0.646. The molecule has 1 unspecified atom stereocenters. The van der Waals surface area contributed by atoms with Crippen molar-refractivity contribution in [2.45, 2.75) is 42.0 Å². The highest BCUT2D eigenvalue weighted by molar-refractivity contribution is 7.92. The van der Waals surface area contributed by atoms with Crippen molar-refractivity contribution >= 4 is 39.0 Å². The Balaban J connectivity index is 1.88. The Labute approximate surface area is 220 Å². The topological polar surface area (TPSA) is 97.7 Å². The number of hydrogen-bond acceptors (Lipinski definition) is 6. The van der Waals surface area contributed by atoms with Crippen LogP contribution in [-0.2, 0) is 24.8 Å². The number of hydrogen-bond donors (Lipinski definition) is 1. The summed E-state index contributed by atoms with van der Waals surface area (Å²) >= 11 is 0. The van der Waals surface area contributed by atoms with Gasteiger partial charge in [-0.3, -0.25) is 0 Å². The van der Waals surface area contributed by atoms with Crippen LogP contribution >= 0.6 is 0 Å². The number of aromatic nitrogens is 1. The molecule has 0 radical (unpaired) electrons. The van der Waals surface area contributed by atoms with Crippen LogP contribution in [0.1, 0.15) is 12.0 Å². The van der Waals surface area contributed by atoms with Crippen molar-refractivity contribution in [2.24, 2.45) is 0 Å². The van der Waals surface area contributed by atoms with Gasteiger partial charge < -0.3 is 10.1 Å². The van der Waals surface area contributed by atoms with Crippen LogP contribution < -0.4 is 5.32 Å². The molecule has 1 fully saturated rings. The van der Waals surface area contributed by atoms with Crippen molar-refractivity contribution in [3.05, 3.63) is 60.2 Å². The van der Waals surface area contributed by atoms with Gasteiger partial charge in [0.05, 0.1) is 10.4 Å². The zero-order chi connectivity index (χ0) is 26.8. The first-order valence-corrected chi connectivity index (χ1v) is 18.5. The molecule has 0 aliphatic carbocycles. The third-order valence-electron chi connectivity index (χ3n) is 6.08. The van der Waals surface area contributed by atoms with E-state index in [9.17, 15) is 16.8 Å². The van der Waals surface area contributed by atoms with Gasteiger partial charge in [-0.05, 0) is 42.8 Å². The molecule has 198 valence electrons. The first kappa shape index (κ1) is 27.6. The molecular formula is C26H33N3O5S2Si. The van der Waals surface area contributed by atoms with Gasteiger partial charge in [0.25, 0.3) is 20.0 Å². The molecule has 1 saturated heterocycles. The standard InChI is InChI=1S/C26H33N3O5S2Si/c1-34-16-12-23-20-28(15-14-27-23)36(32,33)26-19-22-18-21(13-17-37(2,3)4)10-11-25(22)29(26)35(30,31)24-8-6-5-7-9-24/h5-11,18-19,23,27H,12,14-16,20H2,1-4H3. The van der Waals surface area contributed by atoms with Crippen molar-refractivity contribution in [2.75, 3.05) is 33.4 Å². The SMILES string of the molecule is COCCC1CN(S(=O)(=O)c2cc3cc(C#C[Si](C)(C)C)ccc3n2S(=O)(=O)c2ccccc2)CCN1. The molecule has 1 aliphatic heterocycles. The molecule has 0 saturated carbocycles. The second-order valence-electron chi connectivity index (χ2n) is 10.1. The van der Waals surface area contributed by atoms with Crippen LogP contribution in [0.25, 0.3) is 10.9 Å². The Morgan fingerprint density at radius 1 is 1.03 bits per heavy atom. The zero-order valence-corrected chi connectivity index (χ0v) is 24.2. The van der Waals surface area contributed by atoms with Crippen LogP contribution in [0.2, 0.25) is 19.6 Å². The average molecular weight is 560 g/mol. The van der Waals surface area contributed by atoms with Gasteiger partial charge in [0, 0.05) is 50.3 Å². The maximum atomic E-state index is 14.0. The number of rotatable bonds is 7. The van der Waals surface area contributed by atoms with E-state index in [4.69, 9.17) is 4.74 Å². The van der Waals surface area contributed by atoms with Crippen LogP contribution in [0, 0.1) is 11.5 Å². The molecule has 0 amide bonds. The van der Waals surface area contributed by atoms with Crippen molar-refractivity contribution < 1.29 is 21.6 Å². The lowest BCUT2D eigenvalue weighted by Crippen LogP contribution is -2.53. The fourth-order valence-corrected chi connectivity index (χ4v) is 8.31. The molecule has 1 aromatic heterocycles. The number of nitrogens with zero attached hydrogens (tertiary/aromatic N) is 2. The Kier molecular flexibility index (Phi) is 7.99. The fraction of sp³-hybridized carbons (Fsp3) is 0.385. The molecule has 4 rings (SSSR count). The van der Waals surface area contributed by atoms with E-state index >= 15 is 0 Å². The average Bonchev–Trinajstić information content (AvgIpc) is 3.27. The lowest BCUT2D eigenvalue weighted by atomic mass is 10.2. The van der Waals surface area contributed by atoms with Gasteiger partial charge in [-0.1, -0.05) is 43.8 Å². The van der Waals surface area contributed by atoms with E-state index < -0.39 is 28.1 Å². The molecule has 1 aliphatic rings. The predicted molar refractivity (Wildman–Crippen MR) is 148 cm³/mol. The number of benzene rings is 2. The molecule has 1 atom stereocenters. The molecule has 8 nitrogen and oxygen atoms in total.